The summed E-state index contributed by atoms with van der Waals surface area (Å²) in [6.45, 7) is 0. The van der Waals surface area contributed by atoms with Crippen molar-refractivity contribution in [2.45, 2.75) is 25.0 Å². The van der Waals surface area contributed by atoms with Crippen LogP contribution in [0.2, 0.25) is 0 Å². The van der Waals surface area contributed by atoms with Gasteiger partial charge in [-0.25, -0.2) is 0 Å². The van der Waals surface area contributed by atoms with Gasteiger partial charge in [-0.2, -0.15) is 4.52 Å². The first-order chi connectivity index (χ1) is 11.2. The number of aliphatic hydroxyl groups is 1. The molecule has 3 heterocycles. The summed E-state index contributed by atoms with van der Waals surface area (Å²) in [4.78, 5) is 13.7. The van der Waals surface area contributed by atoms with Gasteiger partial charge >= 0.3 is 0 Å². The van der Waals surface area contributed by atoms with Crippen molar-refractivity contribution in [1.82, 2.24) is 25.4 Å². The number of tetrazole rings is 1. The van der Waals surface area contributed by atoms with Crippen LogP contribution in [0.1, 0.15) is 34.1 Å². The molecule has 2 N–H and O–H groups in total. The van der Waals surface area contributed by atoms with E-state index in [-0.39, 0.29) is 24.0 Å². The first kappa shape index (κ1) is 14.3. The minimum Gasteiger partial charge on any atom is -0.393 e. The Hall–Kier alpha value is -2.32. The molecule has 1 fully saturated rings. The van der Waals surface area contributed by atoms with Gasteiger partial charge in [0.05, 0.1) is 17.7 Å². The number of nitrogens with one attached hydrogen (secondary N) is 1. The number of carbonyl (C=O) groups excluding carboxylic acids is 1. The molecular formula is C15H15N5O2S. The van der Waals surface area contributed by atoms with Crippen LogP contribution in [-0.4, -0.2) is 37.2 Å². The van der Waals surface area contributed by atoms with Crippen molar-refractivity contribution in [3.05, 3.63) is 46.3 Å². The predicted octanol–water partition coefficient (Wildman–Crippen LogP) is 1.43. The molecule has 0 saturated heterocycles. The molecule has 1 atom stereocenters. The Labute approximate surface area is 136 Å². The van der Waals surface area contributed by atoms with Crippen molar-refractivity contribution in [2.75, 3.05) is 0 Å². The predicted molar refractivity (Wildman–Crippen MR) is 84.0 cm³/mol. The number of aromatic nitrogens is 4. The van der Waals surface area contributed by atoms with Gasteiger partial charge < -0.3 is 10.4 Å². The fraction of sp³-hybridized carbons (Fsp3) is 0.333. The second-order valence-corrected chi connectivity index (χ2v) is 6.73. The molecule has 1 aliphatic rings. The third-order valence-corrected chi connectivity index (χ3v) is 5.17. The van der Waals surface area contributed by atoms with Crippen molar-refractivity contribution in [2.24, 2.45) is 5.92 Å². The van der Waals surface area contributed by atoms with Crippen LogP contribution in [0.25, 0.3) is 5.65 Å². The van der Waals surface area contributed by atoms with Gasteiger partial charge in [-0.1, -0.05) is 6.07 Å². The number of amides is 1. The Morgan fingerprint density at radius 2 is 2.26 bits per heavy atom. The highest BCUT2D eigenvalue weighted by Gasteiger charge is 2.36. The lowest BCUT2D eigenvalue weighted by molar-refractivity contribution is 0.0241. The Morgan fingerprint density at radius 3 is 3.00 bits per heavy atom. The number of pyridine rings is 1. The summed E-state index contributed by atoms with van der Waals surface area (Å²) in [5.41, 5.74) is 1.10. The van der Waals surface area contributed by atoms with Crippen LogP contribution >= 0.6 is 11.3 Å². The van der Waals surface area contributed by atoms with Crippen LogP contribution in [0.5, 0.6) is 0 Å². The summed E-state index contributed by atoms with van der Waals surface area (Å²) in [7, 11) is 0. The van der Waals surface area contributed by atoms with Gasteiger partial charge in [-0.3, -0.25) is 4.79 Å². The Balaban J connectivity index is 1.56. The number of nitrogens with zero attached hydrogens (tertiary/aromatic N) is 4. The summed E-state index contributed by atoms with van der Waals surface area (Å²) in [6, 6.07) is 7.34. The normalized spacial score (nSPS) is 21.8. The fourth-order valence-electron chi connectivity index (χ4n) is 2.89. The third-order valence-electron chi connectivity index (χ3n) is 4.21. The van der Waals surface area contributed by atoms with Crippen molar-refractivity contribution >= 4 is 22.9 Å². The SMILES string of the molecule is O=C(N[C@@H](c1cccs1)C1CC(O)C1)c1ccc2nnnn2c1. The topological polar surface area (TPSA) is 92.4 Å². The highest BCUT2D eigenvalue weighted by Crippen LogP contribution is 2.39. The molecule has 0 bridgehead atoms. The molecule has 3 aromatic heterocycles. The van der Waals surface area contributed by atoms with Crippen molar-refractivity contribution in [3.8, 4) is 0 Å². The molecule has 0 aliphatic heterocycles. The molecule has 0 aromatic carbocycles. The van der Waals surface area contributed by atoms with E-state index in [1.807, 2.05) is 17.5 Å². The average molecular weight is 329 g/mol. The summed E-state index contributed by atoms with van der Waals surface area (Å²) in [5.74, 6) is 0.103. The molecule has 0 unspecified atom stereocenters. The summed E-state index contributed by atoms with van der Waals surface area (Å²) < 4.78 is 1.47. The summed E-state index contributed by atoms with van der Waals surface area (Å²) in [6.07, 6.45) is 2.80. The Morgan fingerprint density at radius 1 is 1.39 bits per heavy atom. The molecule has 1 aliphatic carbocycles. The summed E-state index contributed by atoms with van der Waals surface area (Å²) in [5, 5.41) is 25.9. The highest BCUT2D eigenvalue weighted by atomic mass is 32.1. The molecule has 3 aromatic rings. The first-order valence-electron chi connectivity index (χ1n) is 7.41. The molecule has 1 saturated carbocycles. The number of fused-ring (bicyclic) bond motifs is 1. The summed E-state index contributed by atoms with van der Waals surface area (Å²) >= 11 is 1.62. The third kappa shape index (κ3) is 2.71. The van der Waals surface area contributed by atoms with Crippen LogP contribution < -0.4 is 5.32 Å². The van der Waals surface area contributed by atoms with Crippen LogP contribution in [0.3, 0.4) is 0 Å². The zero-order valence-corrected chi connectivity index (χ0v) is 13.0. The molecule has 0 radical (unpaired) electrons. The lowest BCUT2D eigenvalue weighted by Gasteiger charge is -2.37. The van der Waals surface area contributed by atoms with Crippen molar-refractivity contribution in [3.63, 3.8) is 0 Å². The molecule has 0 spiro atoms. The number of aliphatic hydroxyl groups excluding tert-OH is 1. The molecule has 118 valence electrons. The second kappa shape index (κ2) is 5.71. The van der Waals surface area contributed by atoms with Crippen LogP contribution in [-0.2, 0) is 0 Å². The molecular weight excluding hydrogens is 314 g/mol. The van der Waals surface area contributed by atoms with Crippen molar-refractivity contribution < 1.29 is 9.90 Å². The Bertz CT molecular complexity index is 825. The van der Waals surface area contributed by atoms with E-state index >= 15 is 0 Å². The van der Waals surface area contributed by atoms with E-state index in [2.05, 4.69) is 20.8 Å². The number of hydrogen-bond acceptors (Lipinski definition) is 6. The van der Waals surface area contributed by atoms with E-state index in [0.717, 1.165) is 17.7 Å². The monoisotopic (exact) mass is 329 g/mol. The number of thiophene rings is 1. The number of carbonyl (C=O) groups is 1. The lowest BCUT2D eigenvalue weighted by Crippen LogP contribution is -2.41. The van der Waals surface area contributed by atoms with Gasteiger partial charge in [0.2, 0.25) is 0 Å². The number of hydrogen-bond donors (Lipinski definition) is 2. The number of rotatable bonds is 4. The quantitative estimate of drug-likeness (QED) is 0.755. The molecule has 1 amide bonds. The first-order valence-corrected chi connectivity index (χ1v) is 8.29. The van der Waals surface area contributed by atoms with Gasteiger partial charge in [0, 0.05) is 11.1 Å². The van der Waals surface area contributed by atoms with Gasteiger partial charge in [-0.15, -0.1) is 16.4 Å². The van der Waals surface area contributed by atoms with Crippen LogP contribution in [0, 0.1) is 5.92 Å². The van der Waals surface area contributed by atoms with Crippen LogP contribution in [0.4, 0.5) is 0 Å². The molecule has 4 rings (SSSR count). The molecule has 8 heteroatoms. The maximum atomic E-state index is 12.6. The minimum absolute atomic E-state index is 0.0736. The largest absolute Gasteiger partial charge is 0.393 e. The lowest BCUT2D eigenvalue weighted by atomic mass is 9.76. The van der Waals surface area contributed by atoms with E-state index in [1.165, 1.54) is 4.52 Å². The Kier molecular flexibility index (Phi) is 3.55. The highest BCUT2D eigenvalue weighted by molar-refractivity contribution is 7.10. The van der Waals surface area contributed by atoms with E-state index in [1.54, 1.807) is 29.7 Å². The maximum absolute atomic E-state index is 12.6. The van der Waals surface area contributed by atoms with Crippen molar-refractivity contribution in [1.29, 1.82) is 0 Å². The minimum atomic E-state index is -0.253. The van der Waals surface area contributed by atoms with Gasteiger partial charge in [0.25, 0.3) is 5.91 Å². The molecule has 7 nitrogen and oxygen atoms in total. The maximum Gasteiger partial charge on any atom is 0.253 e. The standard InChI is InChI=1S/C15H15N5O2S/c21-11-6-10(7-11)14(12-2-1-5-23-12)16-15(22)9-3-4-13-17-18-19-20(13)8-9/h1-5,8,10-11,14,21H,6-7H2,(H,16,22)/t10?,11?,14-/m1/s1. The van der Waals surface area contributed by atoms with E-state index in [0.29, 0.717) is 11.2 Å². The zero-order valence-electron chi connectivity index (χ0n) is 12.2. The van der Waals surface area contributed by atoms with E-state index < -0.39 is 0 Å². The average Bonchev–Trinajstić information content (AvgIpc) is 3.19. The fourth-order valence-corrected chi connectivity index (χ4v) is 3.76. The van der Waals surface area contributed by atoms with E-state index in [4.69, 9.17) is 0 Å². The van der Waals surface area contributed by atoms with Crippen LogP contribution in [0.15, 0.2) is 35.8 Å². The van der Waals surface area contributed by atoms with Gasteiger partial charge in [0.15, 0.2) is 5.65 Å². The smallest absolute Gasteiger partial charge is 0.253 e. The van der Waals surface area contributed by atoms with Gasteiger partial charge in [0.1, 0.15) is 0 Å². The van der Waals surface area contributed by atoms with Gasteiger partial charge in [-0.05, 0) is 52.8 Å². The van der Waals surface area contributed by atoms with E-state index in [9.17, 15) is 9.90 Å². The molecule has 23 heavy (non-hydrogen) atoms. The second-order valence-electron chi connectivity index (χ2n) is 5.75. The zero-order chi connectivity index (χ0) is 15.8.